The maximum absolute atomic E-state index is 13.1. The largest absolute Gasteiger partial charge is 0.378 e. The molecule has 0 aliphatic carbocycles. The normalized spacial score (nSPS) is 13.7. The fourth-order valence-electron chi connectivity index (χ4n) is 4.09. The van der Waals surface area contributed by atoms with Crippen LogP contribution in [0.4, 0.5) is 5.69 Å². The summed E-state index contributed by atoms with van der Waals surface area (Å²) < 4.78 is 5.37. The molecule has 0 spiro atoms. The number of para-hydroxylation sites is 1. The number of carbonyl (C=O) groups excluding carboxylic acids is 2. The number of morpholine rings is 1. The van der Waals surface area contributed by atoms with Gasteiger partial charge in [-0.25, -0.2) is 0 Å². The molecule has 180 valence electrons. The third-order valence-corrected chi connectivity index (χ3v) is 5.99. The van der Waals surface area contributed by atoms with E-state index in [2.05, 4.69) is 15.2 Å². The lowest BCUT2D eigenvalue weighted by Gasteiger charge is -2.27. The summed E-state index contributed by atoms with van der Waals surface area (Å²) in [4.78, 5) is 32.5. The smallest absolute Gasteiger partial charge is 0.274 e. The fourth-order valence-corrected chi connectivity index (χ4v) is 4.09. The van der Waals surface area contributed by atoms with E-state index in [4.69, 9.17) is 4.74 Å². The number of anilines is 1. The summed E-state index contributed by atoms with van der Waals surface area (Å²) in [6, 6.07) is 16.9. The molecule has 0 unspecified atom stereocenters. The molecule has 35 heavy (non-hydrogen) atoms. The number of nitrogens with zero attached hydrogens (tertiary/aromatic N) is 3. The molecule has 0 bridgehead atoms. The minimum atomic E-state index is -0.194. The van der Waals surface area contributed by atoms with Crippen LogP contribution >= 0.6 is 12.4 Å². The molecule has 0 radical (unpaired) electrons. The van der Waals surface area contributed by atoms with E-state index in [1.54, 1.807) is 47.3 Å². The van der Waals surface area contributed by atoms with E-state index in [1.807, 2.05) is 42.5 Å². The second-order valence-electron chi connectivity index (χ2n) is 8.11. The Morgan fingerprint density at radius 3 is 2.63 bits per heavy atom. The van der Waals surface area contributed by atoms with Gasteiger partial charge in [-0.1, -0.05) is 30.3 Å². The molecule has 2 aromatic heterocycles. The van der Waals surface area contributed by atoms with E-state index in [1.165, 1.54) is 0 Å². The van der Waals surface area contributed by atoms with Gasteiger partial charge < -0.3 is 19.5 Å². The molecule has 1 fully saturated rings. The summed E-state index contributed by atoms with van der Waals surface area (Å²) in [5.41, 5.74) is 4.19. The predicted molar refractivity (Wildman–Crippen MR) is 139 cm³/mol. The highest BCUT2D eigenvalue weighted by molar-refractivity contribution is 6.07. The molecule has 1 aliphatic rings. The summed E-state index contributed by atoms with van der Waals surface area (Å²) in [6.45, 7) is 2.17. The second kappa shape index (κ2) is 10.6. The summed E-state index contributed by atoms with van der Waals surface area (Å²) in [5.74, 6) is -0.264. The van der Waals surface area contributed by atoms with Crippen LogP contribution in [0, 0.1) is 0 Å². The van der Waals surface area contributed by atoms with Crippen molar-refractivity contribution >= 4 is 53.0 Å². The number of carbonyl (C=O) groups is 2. The Morgan fingerprint density at radius 1 is 1.06 bits per heavy atom. The number of aromatic nitrogens is 3. The van der Waals surface area contributed by atoms with E-state index in [0.717, 1.165) is 22.2 Å². The van der Waals surface area contributed by atoms with Crippen molar-refractivity contribution in [2.24, 2.45) is 0 Å². The topological polar surface area (TPSA) is 94.3 Å². The summed E-state index contributed by atoms with van der Waals surface area (Å²) in [7, 11) is 1.71. The van der Waals surface area contributed by atoms with E-state index >= 15 is 0 Å². The molecule has 0 saturated carbocycles. The highest BCUT2D eigenvalue weighted by atomic mass is 35.5. The highest BCUT2D eigenvalue weighted by Crippen LogP contribution is 2.27. The molecule has 4 aromatic rings. The zero-order chi connectivity index (χ0) is 23.5. The van der Waals surface area contributed by atoms with Crippen molar-refractivity contribution in [3.05, 3.63) is 83.3 Å². The van der Waals surface area contributed by atoms with Gasteiger partial charge in [0, 0.05) is 37.3 Å². The van der Waals surface area contributed by atoms with Crippen LogP contribution in [0.15, 0.2) is 60.8 Å². The first-order chi connectivity index (χ1) is 16.6. The van der Waals surface area contributed by atoms with Crippen molar-refractivity contribution in [1.82, 2.24) is 20.1 Å². The van der Waals surface area contributed by atoms with Gasteiger partial charge in [0.1, 0.15) is 5.69 Å². The van der Waals surface area contributed by atoms with Crippen molar-refractivity contribution in [1.29, 1.82) is 0 Å². The molecule has 3 heterocycles. The van der Waals surface area contributed by atoms with E-state index in [0.29, 0.717) is 43.2 Å². The lowest BCUT2D eigenvalue weighted by molar-refractivity contribution is 0.0303. The Labute approximate surface area is 209 Å². The lowest BCUT2D eigenvalue weighted by Crippen LogP contribution is -2.40. The van der Waals surface area contributed by atoms with Crippen molar-refractivity contribution in [2.75, 3.05) is 38.3 Å². The molecule has 1 aliphatic heterocycles. The Morgan fingerprint density at radius 2 is 1.86 bits per heavy atom. The number of fused-ring (bicyclic) bond motifs is 1. The molecule has 2 N–H and O–H groups in total. The van der Waals surface area contributed by atoms with Crippen molar-refractivity contribution in [3.8, 4) is 0 Å². The minimum Gasteiger partial charge on any atom is -0.378 e. The van der Waals surface area contributed by atoms with Crippen molar-refractivity contribution < 1.29 is 14.3 Å². The Balaban J connectivity index is 0.00000289. The molecular formula is C26H26ClN5O3. The van der Waals surface area contributed by atoms with E-state index in [9.17, 15) is 9.59 Å². The van der Waals surface area contributed by atoms with Gasteiger partial charge in [-0.2, -0.15) is 5.10 Å². The molecule has 8 nitrogen and oxygen atoms in total. The van der Waals surface area contributed by atoms with Crippen molar-refractivity contribution in [3.63, 3.8) is 0 Å². The molecule has 2 amide bonds. The minimum absolute atomic E-state index is 0. The maximum Gasteiger partial charge on any atom is 0.274 e. The summed E-state index contributed by atoms with van der Waals surface area (Å²) in [6.07, 6.45) is 5.54. The summed E-state index contributed by atoms with van der Waals surface area (Å²) in [5, 5.41) is 8.44. The van der Waals surface area contributed by atoms with E-state index in [-0.39, 0.29) is 24.2 Å². The highest BCUT2D eigenvalue weighted by Gasteiger charge is 2.22. The number of nitrogens with one attached hydrogen (secondary N) is 2. The van der Waals surface area contributed by atoms with Gasteiger partial charge in [-0.05, 0) is 42.0 Å². The molecule has 5 rings (SSSR count). The summed E-state index contributed by atoms with van der Waals surface area (Å²) >= 11 is 0. The van der Waals surface area contributed by atoms with Gasteiger partial charge in [-0.3, -0.25) is 14.7 Å². The fraction of sp³-hybridized carbons (Fsp3) is 0.192. The number of aromatic amines is 2. The number of hydrogen-bond donors (Lipinski definition) is 2. The third kappa shape index (κ3) is 4.99. The maximum atomic E-state index is 13.1. The first-order valence-electron chi connectivity index (χ1n) is 11.2. The number of benzene rings is 2. The molecular weight excluding hydrogens is 466 g/mol. The number of hydrogen-bond acceptors (Lipinski definition) is 4. The third-order valence-electron chi connectivity index (χ3n) is 5.99. The monoisotopic (exact) mass is 491 g/mol. The van der Waals surface area contributed by atoms with Gasteiger partial charge in [0.15, 0.2) is 0 Å². The number of ether oxygens (including phenoxy) is 1. The first kappa shape index (κ1) is 24.3. The zero-order valence-electron chi connectivity index (χ0n) is 19.2. The van der Waals surface area contributed by atoms with Gasteiger partial charge in [0.05, 0.1) is 30.1 Å². The van der Waals surface area contributed by atoms with Crippen LogP contribution < -0.4 is 4.90 Å². The zero-order valence-corrected chi connectivity index (χ0v) is 20.0. The Hall–Kier alpha value is -3.88. The molecule has 9 heteroatoms. The molecule has 0 atom stereocenters. The van der Waals surface area contributed by atoms with Crippen molar-refractivity contribution in [2.45, 2.75) is 0 Å². The number of H-pyrrole nitrogens is 2. The number of amides is 2. The van der Waals surface area contributed by atoms with Crippen LogP contribution in [0.1, 0.15) is 32.1 Å². The van der Waals surface area contributed by atoms with E-state index < -0.39 is 0 Å². The van der Waals surface area contributed by atoms with Crippen LogP contribution in [0.3, 0.4) is 0 Å². The van der Waals surface area contributed by atoms with Crippen LogP contribution in [0.25, 0.3) is 23.1 Å². The quantitative estimate of drug-likeness (QED) is 0.436. The second-order valence-corrected chi connectivity index (χ2v) is 8.11. The van der Waals surface area contributed by atoms with Crippen LogP contribution in [0.2, 0.25) is 0 Å². The average molecular weight is 492 g/mol. The van der Waals surface area contributed by atoms with Crippen LogP contribution in [-0.4, -0.2) is 65.2 Å². The first-order valence-corrected chi connectivity index (χ1v) is 11.2. The van der Waals surface area contributed by atoms with Gasteiger partial charge in [0.25, 0.3) is 11.8 Å². The van der Waals surface area contributed by atoms with Gasteiger partial charge in [-0.15, -0.1) is 12.4 Å². The molecule has 2 aromatic carbocycles. The van der Waals surface area contributed by atoms with Gasteiger partial charge in [0.2, 0.25) is 0 Å². The lowest BCUT2D eigenvalue weighted by atomic mass is 10.0. The Bertz CT molecular complexity index is 1360. The number of rotatable bonds is 5. The van der Waals surface area contributed by atoms with Crippen LogP contribution in [-0.2, 0) is 4.74 Å². The average Bonchev–Trinajstić information content (AvgIpc) is 3.57. The standard InChI is InChI=1S/C26H25N5O3.ClH/c1-30(26(33)23-7-4-12-27-23)24-17-19(25(32)31-13-15-34-16-14-31)9-8-18(24)10-11-22-20-5-2-3-6-21(20)28-29-22;/h2-12,17,27H,13-16H2,1H3,(H,28,29);1H. The predicted octanol–water partition coefficient (Wildman–Crippen LogP) is 4.23. The SMILES string of the molecule is CN(C(=O)c1ccc[nH]1)c1cc(C(=O)N2CCOCC2)ccc1C=Cc1n[nH]c2ccccc12.Cl. The number of halogens is 1. The van der Waals surface area contributed by atoms with Crippen LogP contribution in [0.5, 0.6) is 0 Å². The Kier molecular flexibility index (Phi) is 7.33. The molecule has 1 saturated heterocycles. The van der Waals surface area contributed by atoms with Gasteiger partial charge >= 0.3 is 0 Å².